The molecule has 22 heavy (non-hydrogen) atoms. The summed E-state index contributed by atoms with van der Waals surface area (Å²) in [6.45, 7) is 7.83. The molecule has 0 spiro atoms. The third kappa shape index (κ3) is 3.71. The first-order valence-electron chi connectivity index (χ1n) is 7.84. The number of nitrogens with one attached hydrogen (secondary N) is 1. The minimum absolute atomic E-state index is 0.271. The van der Waals surface area contributed by atoms with Crippen molar-refractivity contribution in [3.8, 4) is 5.69 Å². The minimum Gasteiger partial charge on any atom is -0.374 e. The van der Waals surface area contributed by atoms with Crippen LogP contribution < -0.4 is 5.32 Å². The van der Waals surface area contributed by atoms with Gasteiger partial charge in [-0.05, 0) is 18.2 Å². The van der Waals surface area contributed by atoms with E-state index in [0.717, 1.165) is 45.0 Å². The van der Waals surface area contributed by atoms with Crippen LogP contribution >= 0.6 is 0 Å². The Balaban J connectivity index is 1.56. The number of ether oxygens (including phenoxy) is 1. The van der Waals surface area contributed by atoms with Crippen molar-refractivity contribution in [2.24, 2.45) is 0 Å². The van der Waals surface area contributed by atoms with Gasteiger partial charge in [0.15, 0.2) is 0 Å². The van der Waals surface area contributed by atoms with Gasteiger partial charge in [-0.2, -0.15) is 5.10 Å². The summed E-state index contributed by atoms with van der Waals surface area (Å²) in [5.41, 5.74) is 2.27. The largest absolute Gasteiger partial charge is 0.374 e. The third-order valence-corrected chi connectivity index (χ3v) is 4.01. The molecule has 1 saturated heterocycles. The predicted molar refractivity (Wildman–Crippen MR) is 84.9 cm³/mol. The number of nitrogens with zero attached hydrogens (tertiary/aromatic N) is 4. The molecular formula is C16H23N5O. The quantitative estimate of drug-likeness (QED) is 0.865. The Morgan fingerprint density at radius 1 is 1.36 bits per heavy atom. The second-order valence-electron chi connectivity index (χ2n) is 5.49. The van der Waals surface area contributed by atoms with Crippen molar-refractivity contribution >= 4 is 0 Å². The van der Waals surface area contributed by atoms with Gasteiger partial charge in [0.2, 0.25) is 0 Å². The topological polar surface area (TPSA) is 55.2 Å². The van der Waals surface area contributed by atoms with E-state index in [0.29, 0.717) is 0 Å². The lowest BCUT2D eigenvalue weighted by molar-refractivity contribution is -0.0253. The molecule has 1 atom stereocenters. The van der Waals surface area contributed by atoms with Crippen molar-refractivity contribution in [2.75, 3.05) is 32.8 Å². The second kappa shape index (κ2) is 7.49. The molecule has 1 N–H and O–H groups in total. The van der Waals surface area contributed by atoms with E-state index in [1.165, 1.54) is 5.56 Å². The number of hydrogen-bond acceptors (Lipinski definition) is 5. The molecule has 0 bridgehead atoms. The van der Waals surface area contributed by atoms with E-state index < -0.39 is 0 Å². The van der Waals surface area contributed by atoms with Gasteiger partial charge >= 0.3 is 0 Å². The van der Waals surface area contributed by atoms with Gasteiger partial charge in [0, 0.05) is 26.2 Å². The average molecular weight is 301 g/mol. The van der Waals surface area contributed by atoms with Crippen LogP contribution in [0.5, 0.6) is 0 Å². The van der Waals surface area contributed by atoms with E-state index in [2.05, 4.69) is 39.4 Å². The van der Waals surface area contributed by atoms with Crippen LogP contribution in [0.1, 0.15) is 12.5 Å². The number of hydrogen-bond donors (Lipinski definition) is 1. The van der Waals surface area contributed by atoms with Crippen molar-refractivity contribution in [1.82, 2.24) is 25.0 Å². The molecule has 2 heterocycles. The van der Waals surface area contributed by atoms with Crippen molar-refractivity contribution < 1.29 is 4.74 Å². The highest BCUT2D eigenvalue weighted by Crippen LogP contribution is 2.13. The summed E-state index contributed by atoms with van der Waals surface area (Å²) in [5, 5.41) is 7.72. The molecule has 1 aliphatic heterocycles. The monoisotopic (exact) mass is 301 g/mol. The standard InChI is InChI=1S/C16H23N5O/c1-2-20-7-8-22-15(11-20)10-17-9-14-5-3-4-6-16(14)21-13-18-12-19-21/h3-6,12-13,15,17H,2,7-11H2,1H3/t15-/m1/s1. The molecule has 0 saturated carbocycles. The average Bonchev–Trinajstić information content (AvgIpc) is 3.10. The van der Waals surface area contributed by atoms with Crippen molar-refractivity contribution in [3.05, 3.63) is 42.5 Å². The number of likely N-dealkylation sites (N-methyl/N-ethyl adjacent to an activating group) is 1. The highest BCUT2D eigenvalue weighted by atomic mass is 16.5. The molecule has 1 aromatic heterocycles. The Morgan fingerprint density at radius 2 is 2.27 bits per heavy atom. The molecule has 1 aliphatic rings. The summed E-state index contributed by atoms with van der Waals surface area (Å²) in [7, 11) is 0. The highest BCUT2D eigenvalue weighted by Gasteiger charge is 2.18. The fourth-order valence-corrected chi connectivity index (χ4v) is 2.78. The normalized spacial score (nSPS) is 19.4. The van der Waals surface area contributed by atoms with Gasteiger partial charge in [0.05, 0.1) is 18.4 Å². The van der Waals surface area contributed by atoms with Crippen LogP contribution in [0.4, 0.5) is 0 Å². The van der Waals surface area contributed by atoms with Crippen molar-refractivity contribution in [3.63, 3.8) is 0 Å². The Kier molecular flexibility index (Phi) is 5.15. The lowest BCUT2D eigenvalue weighted by Crippen LogP contribution is -2.46. The Bertz CT molecular complexity index is 572. The molecule has 6 heteroatoms. The van der Waals surface area contributed by atoms with E-state index in [4.69, 9.17) is 4.74 Å². The maximum absolute atomic E-state index is 5.82. The first kappa shape index (κ1) is 15.1. The lowest BCUT2D eigenvalue weighted by atomic mass is 10.1. The molecule has 6 nitrogen and oxygen atoms in total. The second-order valence-corrected chi connectivity index (χ2v) is 5.49. The molecule has 1 aromatic carbocycles. The van der Waals surface area contributed by atoms with Crippen LogP contribution in [0.25, 0.3) is 5.69 Å². The molecule has 0 unspecified atom stereocenters. The molecule has 118 valence electrons. The van der Waals surface area contributed by atoms with Gasteiger partial charge < -0.3 is 10.1 Å². The summed E-state index contributed by atoms with van der Waals surface area (Å²) in [6.07, 6.45) is 3.55. The van der Waals surface area contributed by atoms with Crippen LogP contribution in [-0.4, -0.2) is 58.6 Å². The fourth-order valence-electron chi connectivity index (χ4n) is 2.78. The number of benzene rings is 1. The Hall–Kier alpha value is -1.76. The first-order valence-corrected chi connectivity index (χ1v) is 7.84. The highest BCUT2D eigenvalue weighted by molar-refractivity contribution is 5.39. The zero-order valence-electron chi connectivity index (χ0n) is 13.0. The Morgan fingerprint density at radius 3 is 3.09 bits per heavy atom. The molecule has 3 rings (SSSR count). The van der Waals surface area contributed by atoms with Crippen LogP contribution in [-0.2, 0) is 11.3 Å². The molecule has 0 radical (unpaired) electrons. The molecular weight excluding hydrogens is 278 g/mol. The van der Waals surface area contributed by atoms with Gasteiger partial charge in [-0.15, -0.1) is 0 Å². The van der Waals surface area contributed by atoms with E-state index in [1.807, 2.05) is 12.1 Å². The maximum Gasteiger partial charge on any atom is 0.138 e. The zero-order valence-corrected chi connectivity index (χ0v) is 13.0. The van der Waals surface area contributed by atoms with Crippen LogP contribution in [0, 0.1) is 0 Å². The summed E-state index contributed by atoms with van der Waals surface area (Å²) in [5.74, 6) is 0. The SMILES string of the molecule is CCN1CCO[C@H](CNCc2ccccc2-n2cncn2)C1. The molecule has 2 aromatic rings. The molecule has 1 fully saturated rings. The summed E-state index contributed by atoms with van der Waals surface area (Å²) in [6, 6.07) is 8.24. The van der Waals surface area contributed by atoms with E-state index >= 15 is 0 Å². The van der Waals surface area contributed by atoms with E-state index in [1.54, 1.807) is 17.3 Å². The number of morpholine rings is 1. The fraction of sp³-hybridized carbons (Fsp3) is 0.500. The van der Waals surface area contributed by atoms with E-state index in [9.17, 15) is 0 Å². The first-order chi connectivity index (χ1) is 10.9. The smallest absolute Gasteiger partial charge is 0.138 e. The van der Waals surface area contributed by atoms with Gasteiger partial charge in [-0.1, -0.05) is 25.1 Å². The lowest BCUT2D eigenvalue weighted by Gasteiger charge is -2.32. The van der Waals surface area contributed by atoms with Crippen LogP contribution in [0.15, 0.2) is 36.9 Å². The predicted octanol–water partition coefficient (Wildman–Crippen LogP) is 1.08. The number of para-hydroxylation sites is 1. The van der Waals surface area contributed by atoms with Gasteiger partial charge in [-0.25, -0.2) is 9.67 Å². The van der Waals surface area contributed by atoms with Crippen LogP contribution in [0.3, 0.4) is 0 Å². The van der Waals surface area contributed by atoms with Crippen molar-refractivity contribution in [2.45, 2.75) is 19.6 Å². The summed E-state index contributed by atoms with van der Waals surface area (Å²) >= 11 is 0. The zero-order chi connectivity index (χ0) is 15.2. The summed E-state index contributed by atoms with van der Waals surface area (Å²) in [4.78, 5) is 6.45. The van der Waals surface area contributed by atoms with Crippen molar-refractivity contribution in [1.29, 1.82) is 0 Å². The van der Waals surface area contributed by atoms with E-state index in [-0.39, 0.29) is 6.10 Å². The maximum atomic E-state index is 5.82. The van der Waals surface area contributed by atoms with Gasteiger partial charge in [0.25, 0.3) is 0 Å². The van der Waals surface area contributed by atoms with Gasteiger partial charge in [0.1, 0.15) is 12.7 Å². The number of aromatic nitrogens is 3. The molecule has 0 aliphatic carbocycles. The van der Waals surface area contributed by atoms with Gasteiger partial charge in [-0.3, -0.25) is 4.90 Å². The molecule has 0 amide bonds. The van der Waals surface area contributed by atoms with Crippen LogP contribution in [0.2, 0.25) is 0 Å². The Labute approximate surface area is 131 Å². The summed E-state index contributed by atoms with van der Waals surface area (Å²) < 4.78 is 7.62. The third-order valence-electron chi connectivity index (χ3n) is 4.01. The number of rotatable bonds is 6. The minimum atomic E-state index is 0.271.